The normalized spacial score (nSPS) is 17.1. The summed E-state index contributed by atoms with van der Waals surface area (Å²) in [4.78, 5) is 20.1. The molecule has 1 atom stereocenters. The Hall–Kier alpha value is -2.67. The first-order valence-electron chi connectivity index (χ1n) is 8.93. The summed E-state index contributed by atoms with van der Waals surface area (Å²) in [6, 6.07) is 6.12. The minimum Gasteiger partial charge on any atom is -0.368 e. The van der Waals surface area contributed by atoms with Gasteiger partial charge in [-0.3, -0.25) is 4.79 Å². The molecule has 0 bridgehead atoms. The number of aromatic nitrogens is 3. The van der Waals surface area contributed by atoms with Crippen molar-refractivity contribution in [2.45, 2.75) is 39.2 Å². The van der Waals surface area contributed by atoms with Gasteiger partial charge in [0.25, 0.3) is 11.8 Å². The Labute approximate surface area is 151 Å². The Morgan fingerprint density at radius 3 is 3.08 bits per heavy atom. The van der Waals surface area contributed by atoms with Crippen molar-refractivity contribution in [1.82, 2.24) is 20.4 Å². The molecule has 136 valence electrons. The molecule has 0 spiro atoms. The van der Waals surface area contributed by atoms with Crippen LogP contribution in [-0.4, -0.2) is 34.2 Å². The van der Waals surface area contributed by atoms with Crippen molar-refractivity contribution < 1.29 is 14.1 Å². The molecule has 1 fully saturated rings. The lowest BCUT2D eigenvalue weighted by Crippen LogP contribution is -2.26. The molecule has 0 saturated carbocycles. The highest BCUT2D eigenvalue weighted by Crippen LogP contribution is 2.27. The first-order chi connectivity index (χ1) is 12.6. The lowest BCUT2D eigenvalue weighted by atomic mass is 10.1. The number of hydrogen-bond donors (Lipinski definition) is 2. The molecule has 1 aliphatic heterocycles. The molecule has 2 aromatic heterocycles. The summed E-state index contributed by atoms with van der Waals surface area (Å²) in [5, 5.41) is 7.96. The second kappa shape index (κ2) is 6.92. The number of aryl methyl sites for hydroxylation is 2. The summed E-state index contributed by atoms with van der Waals surface area (Å²) in [5.74, 6) is 0.990. The van der Waals surface area contributed by atoms with Gasteiger partial charge in [0.15, 0.2) is 5.82 Å². The second-order valence-electron chi connectivity index (χ2n) is 6.73. The Balaban J connectivity index is 1.37. The van der Waals surface area contributed by atoms with Crippen LogP contribution in [0.25, 0.3) is 10.9 Å². The van der Waals surface area contributed by atoms with Crippen LogP contribution in [0.4, 0.5) is 0 Å². The molecule has 3 aromatic rings. The van der Waals surface area contributed by atoms with E-state index < -0.39 is 0 Å². The smallest absolute Gasteiger partial charge is 0.268 e. The monoisotopic (exact) mass is 354 g/mol. The van der Waals surface area contributed by atoms with Crippen LogP contribution >= 0.6 is 0 Å². The maximum atomic E-state index is 12.5. The van der Waals surface area contributed by atoms with Gasteiger partial charge in [-0.25, -0.2) is 0 Å². The number of rotatable bonds is 5. The van der Waals surface area contributed by atoms with Crippen LogP contribution < -0.4 is 5.32 Å². The molecular weight excluding hydrogens is 332 g/mol. The number of aromatic amines is 1. The largest absolute Gasteiger partial charge is 0.368 e. The molecule has 1 unspecified atom stereocenters. The van der Waals surface area contributed by atoms with Crippen molar-refractivity contribution in [3.8, 4) is 0 Å². The van der Waals surface area contributed by atoms with E-state index in [9.17, 15) is 4.79 Å². The third-order valence-electron chi connectivity index (χ3n) is 4.76. The van der Waals surface area contributed by atoms with Crippen LogP contribution in [0.15, 0.2) is 22.7 Å². The predicted octanol–water partition coefficient (Wildman–Crippen LogP) is 2.99. The van der Waals surface area contributed by atoms with Crippen molar-refractivity contribution in [2.75, 3.05) is 13.2 Å². The fourth-order valence-corrected chi connectivity index (χ4v) is 3.32. The van der Waals surface area contributed by atoms with Crippen molar-refractivity contribution in [1.29, 1.82) is 0 Å². The minimum absolute atomic E-state index is 0.0803. The number of carbonyl (C=O) groups excluding carboxylic acids is 1. The number of ether oxygens (including phenoxy) is 1. The van der Waals surface area contributed by atoms with E-state index in [2.05, 4.69) is 26.5 Å². The molecule has 2 N–H and O–H groups in total. The van der Waals surface area contributed by atoms with Crippen LogP contribution in [0, 0.1) is 13.8 Å². The SMILES string of the molecule is Cc1ccc2[nH]c(C(=O)NCCc3noc(C4CCCO4)n3)c(C)c2c1. The summed E-state index contributed by atoms with van der Waals surface area (Å²) >= 11 is 0. The van der Waals surface area contributed by atoms with Gasteiger partial charge in [-0.05, 0) is 44.4 Å². The summed E-state index contributed by atoms with van der Waals surface area (Å²) in [6.45, 7) is 5.18. The molecule has 0 aliphatic carbocycles. The molecule has 0 radical (unpaired) electrons. The zero-order chi connectivity index (χ0) is 18.1. The van der Waals surface area contributed by atoms with Gasteiger partial charge >= 0.3 is 0 Å². The number of benzene rings is 1. The van der Waals surface area contributed by atoms with Gasteiger partial charge in [-0.1, -0.05) is 16.8 Å². The molecule has 3 heterocycles. The average Bonchev–Trinajstić information content (AvgIpc) is 3.35. The van der Waals surface area contributed by atoms with Gasteiger partial charge in [0.05, 0.1) is 0 Å². The second-order valence-corrected chi connectivity index (χ2v) is 6.73. The number of carbonyl (C=O) groups is 1. The van der Waals surface area contributed by atoms with Crippen LogP contribution in [0.2, 0.25) is 0 Å². The van der Waals surface area contributed by atoms with Crippen molar-refractivity contribution >= 4 is 16.8 Å². The molecule has 1 amide bonds. The fourth-order valence-electron chi connectivity index (χ4n) is 3.32. The van der Waals surface area contributed by atoms with Gasteiger partial charge in [-0.15, -0.1) is 0 Å². The Morgan fingerprint density at radius 2 is 2.27 bits per heavy atom. The van der Waals surface area contributed by atoms with E-state index in [0.717, 1.165) is 35.9 Å². The zero-order valence-corrected chi connectivity index (χ0v) is 15.0. The molecule has 7 heteroatoms. The topological polar surface area (TPSA) is 93.0 Å². The molecule has 26 heavy (non-hydrogen) atoms. The Bertz CT molecular complexity index is 938. The molecule has 4 rings (SSSR count). The van der Waals surface area contributed by atoms with Gasteiger partial charge in [0.2, 0.25) is 0 Å². The predicted molar refractivity (Wildman–Crippen MR) is 96.0 cm³/mol. The van der Waals surface area contributed by atoms with E-state index in [0.29, 0.717) is 30.4 Å². The third-order valence-corrected chi connectivity index (χ3v) is 4.76. The lowest BCUT2D eigenvalue weighted by molar-refractivity contribution is 0.0835. The van der Waals surface area contributed by atoms with Crippen molar-refractivity contribution in [3.63, 3.8) is 0 Å². The fraction of sp³-hybridized carbons (Fsp3) is 0.421. The highest BCUT2D eigenvalue weighted by molar-refractivity contribution is 6.01. The molecule has 1 aromatic carbocycles. The van der Waals surface area contributed by atoms with E-state index in [4.69, 9.17) is 9.26 Å². The van der Waals surface area contributed by atoms with Crippen LogP contribution in [-0.2, 0) is 11.2 Å². The number of H-pyrrole nitrogens is 1. The first-order valence-corrected chi connectivity index (χ1v) is 8.93. The summed E-state index contributed by atoms with van der Waals surface area (Å²) in [5.41, 5.74) is 3.70. The minimum atomic E-state index is -0.126. The summed E-state index contributed by atoms with van der Waals surface area (Å²) in [7, 11) is 0. The van der Waals surface area contributed by atoms with Crippen LogP contribution in [0.3, 0.4) is 0 Å². The standard InChI is InChI=1S/C19H22N4O3/c1-11-5-6-14-13(10-11)12(2)17(21-14)18(24)20-8-7-16-22-19(26-23-16)15-4-3-9-25-15/h5-6,10,15,21H,3-4,7-9H2,1-2H3,(H,20,24). The van der Waals surface area contributed by atoms with E-state index in [1.165, 1.54) is 5.56 Å². The van der Waals surface area contributed by atoms with Gasteiger partial charge in [0.1, 0.15) is 11.8 Å². The highest BCUT2D eigenvalue weighted by atomic mass is 16.5. The quantitative estimate of drug-likeness (QED) is 0.735. The maximum Gasteiger partial charge on any atom is 0.268 e. The lowest BCUT2D eigenvalue weighted by Gasteiger charge is -2.03. The van der Waals surface area contributed by atoms with Crippen LogP contribution in [0.1, 0.15) is 52.3 Å². The Kier molecular flexibility index (Phi) is 4.46. The molecule has 7 nitrogen and oxygen atoms in total. The van der Waals surface area contributed by atoms with Crippen LogP contribution in [0.5, 0.6) is 0 Å². The summed E-state index contributed by atoms with van der Waals surface area (Å²) in [6.07, 6.45) is 2.36. The number of nitrogens with zero attached hydrogens (tertiary/aromatic N) is 2. The number of fused-ring (bicyclic) bond motifs is 1. The maximum absolute atomic E-state index is 12.5. The van der Waals surface area contributed by atoms with Gasteiger partial charge < -0.3 is 19.6 Å². The summed E-state index contributed by atoms with van der Waals surface area (Å²) < 4.78 is 10.8. The molecule has 1 aliphatic rings. The van der Waals surface area contributed by atoms with Gasteiger partial charge in [-0.2, -0.15) is 4.98 Å². The average molecular weight is 354 g/mol. The van der Waals surface area contributed by atoms with Gasteiger partial charge in [0, 0.05) is 30.5 Å². The number of hydrogen-bond acceptors (Lipinski definition) is 5. The van der Waals surface area contributed by atoms with Crippen molar-refractivity contribution in [2.24, 2.45) is 0 Å². The van der Waals surface area contributed by atoms with E-state index in [1.54, 1.807) is 0 Å². The third kappa shape index (κ3) is 3.22. The number of amides is 1. The Morgan fingerprint density at radius 1 is 1.38 bits per heavy atom. The van der Waals surface area contributed by atoms with E-state index in [1.807, 2.05) is 26.0 Å². The molecule has 1 saturated heterocycles. The highest BCUT2D eigenvalue weighted by Gasteiger charge is 2.23. The molecular formula is C19H22N4O3. The van der Waals surface area contributed by atoms with Crippen molar-refractivity contribution in [3.05, 3.63) is 46.7 Å². The van der Waals surface area contributed by atoms with E-state index >= 15 is 0 Å². The van der Waals surface area contributed by atoms with E-state index in [-0.39, 0.29) is 12.0 Å². The first kappa shape index (κ1) is 16.8. The number of nitrogens with one attached hydrogen (secondary N) is 2. The zero-order valence-electron chi connectivity index (χ0n) is 15.0.